The van der Waals surface area contributed by atoms with E-state index in [1.807, 2.05) is 11.9 Å². The predicted octanol–water partition coefficient (Wildman–Crippen LogP) is 5.44. The number of aromatic nitrogens is 2. The van der Waals surface area contributed by atoms with Crippen LogP contribution < -0.4 is 21.3 Å². The first-order chi connectivity index (χ1) is 26.9. The van der Waals surface area contributed by atoms with Gasteiger partial charge in [-0.2, -0.15) is 0 Å². The van der Waals surface area contributed by atoms with E-state index in [9.17, 15) is 19.2 Å². The number of piperidine rings is 1. The molecule has 5 atom stereocenters. The number of rotatable bonds is 10. The Morgan fingerprint density at radius 1 is 1.00 bits per heavy atom. The molecule has 1 fully saturated rings. The molecular weight excluding hydrogens is 713 g/mol. The van der Waals surface area contributed by atoms with E-state index in [0.717, 1.165) is 72.7 Å². The van der Waals surface area contributed by atoms with E-state index < -0.39 is 12.2 Å². The van der Waals surface area contributed by atoms with E-state index in [0.29, 0.717) is 32.0 Å². The number of benzene rings is 1. The number of likely N-dealkylation sites (N-methyl/N-ethyl adjacent to an activating group) is 1. The maximum Gasteiger partial charge on any atom is 0.407 e. The molecule has 1 saturated heterocycles. The van der Waals surface area contributed by atoms with E-state index in [1.165, 1.54) is 42.1 Å². The van der Waals surface area contributed by atoms with Crippen molar-refractivity contribution in [1.29, 1.82) is 0 Å². The van der Waals surface area contributed by atoms with Crippen LogP contribution in [0.15, 0.2) is 47.6 Å². The fourth-order valence-electron chi connectivity index (χ4n) is 9.06. The summed E-state index contributed by atoms with van der Waals surface area (Å²) in [6.45, 7) is 9.91. The van der Waals surface area contributed by atoms with Crippen LogP contribution in [0, 0.1) is 11.8 Å². The maximum atomic E-state index is 13.3. The third-order valence-corrected chi connectivity index (χ3v) is 12.2. The molecule has 14 nitrogen and oxygen atoms in total. The zero-order chi connectivity index (χ0) is 39.7. The van der Waals surface area contributed by atoms with Crippen molar-refractivity contribution in [2.75, 3.05) is 64.6 Å². The molecule has 0 bridgehead atoms. The minimum atomic E-state index is -0.634. The quantitative estimate of drug-likeness (QED) is 0.156. The normalized spacial score (nSPS) is 23.3. The third-order valence-electron chi connectivity index (χ3n) is 12.2. The number of quaternary nitrogens is 1. The van der Waals surface area contributed by atoms with E-state index in [1.54, 1.807) is 0 Å². The minimum absolute atomic E-state index is 0.0681. The Hall–Kier alpha value is -5.37. The number of aromatic amines is 1. The van der Waals surface area contributed by atoms with Gasteiger partial charge in [0.2, 0.25) is 5.91 Å². The maximum absolute atomic E-state index is 13.3. The summed E-state index contributed by atoms with van der Waals surface area (Å²) in [6, 6.07) is 4.04. The molecule has 1 aromatic carbocycles. The van der Waals surface area contributed by atoms with Gasteiger partial charge in [-0.05, 0) is 90.7 Å². The van der Waals surface area contributed by atoms with Crippen molar-refractivity contribution in [3.8, 4) is 0 Å². The number of nitrogens with one attached hydrogen (secondary N) is 5. The van der Waals surface area contributed by atoms with Crippen molar-refractivity contribution >= 4 is 47.0 Å². The second-order valence-corrected chi connectivity index (χ2v) is 16.0. The fourth-order valence-corrected chi connectivity index (χ4v) is 9.06. The van der Waals surface area contributed by atoms with Crippen molar-refractivity contribution < 1.29 is 33.1 Å². The summed E-state index contributed by atoms with van der Waals surface area (Å²) in [5, 5.41) is 12.4. The molecule has 3 heterocycles. The number of carbonyl (C=O) groups excluding carboxylic acids is 4. The van der Waals surface area contributed by atoms with Crippen molar-refractivity contribution in [3.63, 3.8) is 0 Å². The van der Waals surface area contributed by atoms with Gasteiger partial charge >= 0.3 is 18.1 Å². The Morgan fingerprint density at radius 3 is 2.52 bits per heavy atom. The molecule has 0 spiro atoms. The molecule has 5 N–H and O–H groups in total. The Morgan fingerprint density at radius 2 is 1.77 bits per heavy atom. The number of allylic oxidation sites excluding steroid dienone is 5. The van der Waals surface area contributed by atoms with Gasteiger partial charge in [-0.25, -0.2) is 19.4 Å². The van der Waals surface area contributed by atoms with Gasteiger partial charge in [-0.1, -0.05) is 50.3 Å². The van der Waals surface area contributed by atoms with Gasteiger partial charge in [0.15, 0.2) is 0 Å². The van der Waals surface area contributed by atoms with E-state index in [4.69, 9.17) is 4.98 Å². The highest BCUT2D eigenvalue weighted by atomic mass is 16.5. The standard InChI is InChI=1S/C42H54N8O6/c1-7-16-50(4,37(52)21-44-42(54)56-6)23-35-45-32-14-10-28-18-26(8-12-30(28)38(32)47-35)27-9-13-31-29(19-27)11-15-33-39(31)48-40(46-33)34-17-24(2)25(3)22-49(34)36(51)20-43-41(53)55-5/h9-10,13-14,18,25,29,34-35,45,47H,2,7-8,11-12,15-17,19-23H2,1,3-6H3,(H2-,43,44,46,48,53,54)/p+1. The van der Waals surface area contributed by atoms with Gasteiger partial charge in [0.1, 0.15) is 31.6 Å². The number of alkyl carbamates (subject to hydrolysis) is 2. The SMILES string of the molecule is C=C1CC(c2nc3c([nH]2)CCC2CC(C4=Cc5ccc6c(c5CC4)NC(C[N+](C)(CCC)C(=O)CNC(=O)OC)N6)=CC=C32)N(C(=O)CNC(=O)OC)CC1C. The van der Waals surface area contributed by atoms with E-state index in [2.05, 4.69) is 86.5 Å². The Balaban J connectivity index is 1.06. The molecule has 2 aliphatic heterocycles. The highest BCUT2D eigenvalue weighted by Gasteiger charge is 2.39. The largest absolute Gasteiger partial charge is 0.453 e. The molecule has 298 valence electrons. The van der Waals surface area contributed by atoms with Crippen molar-refractivity contribution in [1.82, 2.24) is 25.5 Å². The number of hydrogen-bond acceptors (Lipinski definition) is 9. The molecule has 2 aromatic rings. The first kappa shape index (κ1) is 38.9. The van der Waals surface area contributed by atoms with E-state index in [-0.39, 0.29) is 47.5 Å². The van der Waals surface area contributed by atoms with Gasteiger partial charge in [-0.15, -0.1) is 0 Å². The summed E-state index contributed by atoms with van der Waals surface area (Å²) < 4.78 is 9.51. The van der Waals surface area contributed by atoms with E-state index >= 15 is 0 Å². The highest BCUT2D eigenvalue weighted by Crippen LogP contribution is 2.46. The Bertz CT molecular complexity index is 2030. The smallest absolute Gasteiger partial charge is 0.407 e. The zero-order valence-corrected chi connectivity index (χ0v) is 33.2. The summed E-state index contributed by atoms with van der Waals surface area (Å²) in [7, 11) is 4.50. The average molecular weight is 768 g/mol. The summed E-state index contributed by atoms with van der Waals surface area (Å²) in [6.07, 6.45) is 11.6. The Kier molecular flexibility index (Phi) is 11.1. The number of ether oxygens (including phenoxy) is 2. The lowest BCUT2D eigenvalue weighted by Crippen LogP contribution is -2.58. The van der Waals surface area contributed by atoms with Crippen LogP contribution in [0.5, 0.6) is 0 Å². The molecule has 56 heavy (non-hydrogen) atoms. The van der Waals surface area contributed by atoms with Gasteiger partial charge in [0, 0.05) is 12.2 Å². The molecule has 7 rings (SSSR count). The number of amides is 4. The van der Waals surface area contributed by atoms with Gasteiger partial charge in [0.05, 0.1) is 50.9 Å². The molecule has 14 heteroatoms. The lowest BCUT2D eigenvalue weighted by atomic mass is 9.75. The molecule has 5 unspecified atom stereocenters. The monoisotopic (exact) mass is 767 g/mol. The number of aryl methyl sites for hydroxylation is 1. The second kappa shape index (κ2) is 16.0. The first-order valence-corrected chi connectivity index (χ1v) is 19.8. The minimum Gasteiger partial charge on any atom is -0.453 e. The highest BCUT2D eigenvalue weighted by molar-refractivity contribution is 5.85. The summed E-state index contributed by atoms with van der Waals surface area (Å²) >= 11 is 0. The van der Waals surface area contributed by atoms with Crippen LogP contribution in [0.1, 0.15) is 80.3 Å². The van der Waals surface area contributed by atoms with Gasteiger partial charge in [0.25, 0.3) is 0 Å². The van der Waals surface area contributed by atoms with Crippen LogP contribution in [0.25, 0.3) is 11.6 Å². The molecular formula is C42H55N8O6+. The summed E-state index contributed by atoms with van der Waals surface area (Å²) in [5.74, 6) is 1.03. The number of anilines is 2. The fraction of sp³-hybridized carbons (Fsp3) is 0.500. The number of nitrogens with zero attached hydrogens (tertiary/aromatic N) is 3. The van der Waals surface area contributed by atoms with Crippen molar-refractivity contribution in [2.24, 2.45) is 11.8 Å². The lowest BCUT2D eigenvalue weighted by molar-refractivity contribution is -0.834. The van der Waals surface area contributed by atoms with Crippen LogP contribution >= 0.6 is 0 Å². The zero-order valence-electron chi connectivity index (χ0n) is 33.2. The molecule has 1 aromatic heterocycles. The number of fused-ring (bicyclic) bond motifs is 6. The number of likely N-dealkylation sites (tertiary alicyclic amines) is 1. The van der Waals surface area contributed by atoms with Crippen molar-refractivity contribution in [2.45, 2.75) is 71.0 Å². The molecule has 3 aliphatic carbocycles. The van der Waals surface area contributed by atoms with Crippen LogP contribution in [0.4, 0.5) is 21.0 Å². The predicted molar refractivity (Wildman–Crippen MR) is 214 cm³/mol. The lowest BCUT2D eigenvalue weighted by Gasteiger charge is -2.39. The number of carbonyl (C=O) groups is 4. The topological polar surface area (TPSA) is 167 Å². The van der Waals surface area contributed by atoms with Crippen LogP contribution in [-0.2, 0) is 31.9 Å². The number of hydrogen-bond donors (Lipinski definition) is 5. The van der Waals surface area contributed by atoms with Crippen LogP contribution in [0.3, 0.4) is 0 Å². The average Bonchev–Trinajstić information content (AvgIpc) is 3.83. The molecule has 0 saturated carbocycles. The second-order valence-electron chi connectivity index (χ2n) is 16.0. The van der Waals surface area contributed by atoms with Crippen LogP contribution in [-0.4, -0.2) is 104 Å². The summed E-state index contributed by atoms with van der Waals surface area (Å²) in [5.41, 5.74) is 11.8. The molecule has 4 amide bonds. The molecule has 5 aliphatic rings. The number of methoxy groups -OCH3 is 2. The Labute approximate surface area is 328 Å². The summed E-state index contributed by atoms with van der Waals surface area (Å²) in [4.78, 5) is 60.5. The molecule has 0 radical (unpaired) electrons. The van der Waals surface area contributed by atoms with Crippen LogP contribution in [0.2, 0.25) is 0 Å². The number of imidazole rings is 1. The van der Waals surface area contributed by atoms with Gasteiger partial charge in [-0.3, -0.25) is 9.28 Å². The third kappa shape index (κ3) is 7.71. The number of H-pyrrole nitrogens is 1. The van der Waals surface area contributed by atoms with Gasteiger partial charge < -0.3 is 40.6 Å². The van der Waals surface area contributed by atoms with Crippen molar-refractivity contribution in [3.05, 3.63) is 75.9 Å². The first-order valence-electron chi connectivity index (χ1n) is 19.8.